The zero-order chi connectivity index (χ0) is 13.3. The molecule has 3 nitrogen and oxygen atoms in total. The predicted molar refractivity (Wildman–Crippen MR) is 61.2 cm³/mol. The van der Waals surface area contributed by atoms with E-state index in [0.29, 0.717) is 0 Å². The van der Waals surface area contributed by atoms with Crippen molar-refractivity contribution < 1.29 is 23.1 Å². The van der Waals surface area contributed by atoms with Crippen molar-refractivity contribution in [3.8, 4) is 0 Å². The van der Waals surface area contributed by atoms with E-state index in [1.807, 2.05) is 0 Å². The molecule has 0 radical (unpaired) electrons. The molecule has 0 bridgehead atoms. The highest BCUT2D eigenvalue weighted by molar-refractivity contribution is 7.99. The maximum absolute atomic E-state index is 12.8. The van der Waals surface area contributed by atoms with Crippen LogP contribution in [0.15, 0.2) is 24.3 Å². The number of carbonyl (C=O) groups is 1. The summed E-state index contributed by atoms with van der Waals surface area (Å²) in [5.41, 5.74) is -0.639. The molecule has 1 aliphatic rings. The molecule has 1 heterocycles. The Hall–Kier alpha value is -1.21. The first-order chi connectivity index (χ1) is 8.39. The molecule has 2 atom stereocenters. The number of halogens is 3. The van der Waals surface area contributed by atoms with Crippen LogP contribution in [-0.2, 0) is 11.0 Å². The number of thioether (sulfide) groups is 1. The monoisotopic (exact) mass is 277 g/mol. The van der Waals surface area contributed by atoms with Gasteiger partial charge in [-0.2, -0.15) is 13.2 Å². The van der Waals surface area contributed by atoms with Gasteiger partial charge in [-0.1, -0.05) is 18.2 Å². The third kappa shape index (κ3) is 2.62. The lowest BCUT2D eigenvalue weighted by atomic mass is 10.1. The van der Waals surface area contributed by atoms with Crippen LogP contribution in [0.4, 0.5) is 13.2 Å². The fourth-order valence-corrected chi connectivity index (χ4v) is 3.05. The molecule has 1 aliphatic heterocycles. The van der Waals surface area contributed by atoms with E-state index < -0.39 is 29.1 Å². The Labute approximate surface area is 105 Å². The number of aliphatic carboxylic acids is 1. The van der Waals surface area contributed by atoms with Gasteiger partial charge in [0.2, 0.25) is 0 Å². The maximum Gasteiger partial charge on any atom is 0.416 e. The van der Waals surface area contributed by atoms with Crippen LogP contribution in [0.1, 0.15) is 16.5 Å². The molecule has 0 aromatic heterocycles. The van der Waals surface area contributed by atoms with Gasteiger partial charge in [0.25, 0.3) is 0 Å². The number of alkyl halides is 3. The van der Waals surface area contributed by atoms with Crippen LogP contribution in [0.3, 0.4) is 0 Å². The first-order valence-corrected chi connectivity index (χ1v) is 6.21. The second-order valence-corrected chi connectivity index (χ2v) is 4.99. The number of hydrogen-bond donors (Lipinski definition) is 2. The van der Waals surface area contributed by atoms with Crippen LogP contribution in [0.25, 0.3) is 0 Å². The van der Waals surface area contributed by atoms with Gasteiger partial charge in [0.05, 0.1) is 10.9 Å². The normalized spacial score (nSPS) is 24.2. The van der Waals surface area contributed by atoms with Gasteiger partial charge in [-0.15, -0.1) is 11.8 Å². The molecule has 0 spiro atoms. The van der Waals surface area contributed by atoms with Gasteiger partial charge >= 0.3 is 12.1 Å². The fraction of sp³-hybridized carbons (Fsp3) is 0.364. The van der Waals surface area contributed by atoms with Crippen LogP contribution in [-0.4, -0.2) is 22.9 Å². The lowest BCUT2D eigenvalue weighted by Gasteiger charge is -2.17. The maximum atomic E-state index is 12.8. The number of nitrogens with one attached hydrogen (secondary N) is 1. The molecular formula is C11H10F3NO2S. The summed E-state index contributed by atoms with van der Waals surface area (Å²) < 4.78 is 38.4. The van der Waals surface area contributed by atoms with Crippen molar-refractivity contribution in [2.75, 3.05) is 5.75 Å². The van der Waals surface area contributed by atoms with E-state index in [1.54, 1.807) is 0 Å². The average molecular weight is 277 g/mol. The molecule has 0 saturated carbocycles. The Balaban J connectivity index is 2.27. The van der Waals surface area contributed by atoms with Gasteiger partial charge in [-0.05, 0) is 11.6 Å². The number of carboxylic acids is 1. The quantitative estimate of drug-likeness (QED) is 0.872. The van der Waals surface area contributed by atoms with Crippen LogP contribution < -0.4 is 5.32 Å². The Morgan fingerprint density at radius 3 is 2.61 bits per heavy atom. The summed E-state index contributed by atoms with van der Waals surface area (Å²) in [5, 5.41) is 10.9. The molecule has 2 rings (SSSR count). The molecule has 1 saturated heterocycles. The molecular weight excluding hydrogens is 267 g/mol. The van der Waals surface area contributed by atoms with Gasteiger partial charge in [-0.3, -0.25) is 10.1 Å². The van der Waals surface area contributed by atoms with E-state index in [2.05, 4.69) is 5.32 Å². The van der Waals surface area contributed by atoms with Gasteiger partial charge in [0.1, 0.15) is 6.04 Å². The second kappa shape index (κ2) is 4.81. The summed E-state index contributed by atoms with van der Waals surface area (Å²) >= 11 is 1.17. The van der Waals surface area contributed by atoms with Crippen molar-refractivity contribution in [1.82, 2.24) is 5.32 Å². The smallest absolute Gasteiger partial charge is 0.416 e. The zero-order valence-electron chi connectivity index (χ0n) is 9.07. The largest absolute Gasteiger partial charge is 0.480 e. The molecule has 0 amide bonds. The van der Waals surface area contributed by atoms with Gasteiger partial charge in [-0.25, -0.2) is 0 Å². The van der Waals surface area contributed by atoms with Gasteiger partial charge in [0.15, 0.2) is 0 Å². The highest BCUT2D eigenvalue weighted by Gasteiger charge is 2.38. The first-order valence-electron chi connectivity index (χ1n) is 5.16. The molecule has 98 valence electrons. The minimum absolute atomic E-state index is 0.0822. The Bertz CT molecular complexity index is 464. The molecule has 18 heavy (non-hydrogen) atoms. The number of hydrogen-bond acceptors (Lipinski definition) is 3. The number of rotatable bonds is 2. The van der Waals surface area contributed by atoms with Gasteiger partial charge in [0, 0.05) is 5.75 Å². The van der Waals surface area contributed by atoms with Crippen molar-refractivity contribution in [2.45, 2.75) is 17.6 Å². The average Bonchev–Trinajstić information content (AvgIpc) is 2.77. The third-order valence-corrected chi connectivity index (χ3v) is 3.88. The Morgan fingerprint density at radius 2 is 2.06 bits per heavy atom. The van der Waals surface area contributed by atoms with Crippen molar-refractivity contribution in [3.05, 3.63) is 35.4 Å². The number of carboxylic acid groups (broad SMARTS) is 1. The van der Waals surface area contributed by atoms with E-state index in [0.717, 1.165) is 6.07 Å². The van der Waals surface area contributed by atoms with Crippen LogP contribution in [0.5, 0.6) is 0 Å². The zero-order valence-corrected chi connectivity index (χ0v) is 9.89. The lowest BCUT2D eigenvalue weighted by Crippen LogP contribution is -2.34. The van der Waals surface area contributed by atoms with E-state index >= 15 is 0 Å². The summed E-state index contributed by atoms with van der Waals surface area (Å²) in [6.45, 7) is 0. The van der Waals surface area contributed by atoms with E-state index in [4.69, 9.17) is 5.11 Å². The standard InChI is InChI=1S/C11H10F3NO2S/c12-11(13,14)7-4-2-1-3-6(7)9-15-8(5-18-9)10(16)17/h1-4,8-9,15H,5H2,(H,16,17)/t8-,9?/m1/s1. The van der Waals surface area contributed by atoms with Crippen molar-refractivity contribution >= 4 is 17.7 Å². The SMILES string of the molecule is O=C(O)[C@H]1CSC(c2ccccc2C(F)(F)F)N1. The molecule has 1 aromatic rings. The van der Waals surface area contributed by atoms with E-state index in [9.17, 15) is 18.0 Å². The van der Waals surface area contributed by atoms with Crippen LogP contribution in [0.2, 0.25) is 0 Å². The number of benzene rings is 1. The van der Waals surface area contributed by atoms with Crippen molar-refractivity contribution in [3.63, 3.8) is 0 Å². The lowest BCUT2D eigenvalue weighted by molar-refractivity contribution is -0.138. The summed E-state index contributed by atoms with van der Waals surface area (Å²) in [4.78, 5) is 10.8. The fourth-order valence-electron chi connectivity index (χ4n) is 1.78. The van der Waals surface area contributed by atoms with Gasteiger partial charge < -0.3 is 5.11 Å². The summed E-state index contributed by atoms with van der Waals surface area (Å²) in [5.74, 6) is -0.791. The van der Waals surface area contributed by atoms with E-state index in [-0.39, 0.29) is 11.3 Å². The Kier molecular flexibility index (Phi) is 3.54. The first kappa shape index (κ1) is 13.2. The summed E-state index contributed by atoms with van der Waals surface area (Å²) in [6, 6.07) is 4.41. The molecule has 1 unspecified atom stereocenters. The van der Waals surface area contributed by atoms with Crippen LogP contribution >= 0.6 is 11.8 Å². The summed E-state index contributed by atoms with van der Waals surface area (Å²) in [6.07, 6.45) is -4.43. The minimum Gasteiger partial charge on any atom is -0.480 e. The third-order valence-electron chi connectivity index (χ3n) is 2.63. The Morgan fingerprint density at radius 1 is 1.39 bits per heavy atom. The highest BCUT2D eigenvalue weighted by Crippen LogP contribution is 2.40. The highest BCUT2D eigenvalue weighted by atomic mass is 32.2. The molecule has 7 heteroatoms. The second-order valence-electron chi connectivity index (χ2n) is 3.86. The summed E-state index contributed by atoms with van der Waals surface area (Å²) in [7, 11) is 0. The topological polar surface area (TPSA) is 49.3 Å². The van der Waals surface area contributed by atoms with E-state index in [1.165, 1.54) is 30.0 Å². The van der Waals surface area contributed by atoms with Crippen LogP contribution in [0, 0.1) is 0 Å². The molecule has 1 fully saturated rings. The molecule has 2 N–H and O–H groups in total. The minimum atomic E-state index is -4.43. The molecule has 0 aliphatic carbocycles. The molecule has 1 aromatic carbocycles. The van der Waals surface area contributed by atoms with Crippen molar-refractivity contribution in [2.24, 2.45) is 0 Å². The predicted octanol–water partition coefficient (Wildman–Crippen LogP) is 2.49. The van der Waals surface area contributed by atoms with Crippen molar-refractivity contribution in [1.29, 1.82) is 0 Å².